The van der Waals surface area contributed by atoms with Gasteiger partial charge >= 0.3 is 5.97 Å². The van der Waals surface area contributed by atoms with Crippen molar-refractivity contribution in [3.05, 3.63) is 74.1 Å². The van der Waals surface area contributed by atoms with E-state index in [1.165, 1.54) is 40.5 Å². The number of carbonyl (C=O) groups excluding carboxylic acids is 2. The van der Waals surface area contributed by atoms with Crippen LogP contribution in [0.4, 0.5) is 5.69 Å². The number of carbonyl (C=O) groups is 3. The molecule has 2 aromatic carbocycles. The second-order valence-corrected chi connectivity index (χ2v) is 10.8. The van der Waals surface area contributed by atoms with Gasteiger partial charge in [0.2, 0.25) is 5.91 Å². The molecule has 2 amide bonds. The van der Waals surface area contributed by atoms with Crippen molar-refractivity contribution in [1.82, 2.24) is 9.88 Å². The van der Waals surface area contributed by atoms with Gasteiger partial charge < -0.3 is 10.4 Å². The van der Waals surface area contributed by atoms with Crippen molar-refractivity contribution in [3.63, 3.8) is 0 Å². The number of rotatable bonds is 7. The SMILES string of the molecule is O=C(CCN1C(=O)/C(=C/c2cnc(-c3cc(Cl)ccc3Cl)s2)SC1=S)Nc1ccc(C(=O)O)cc1. The first kappa shape index (κ1) is 25.3. The maximum atomic E-state index is 12.9. The number of carboxylic acids is 1. The molecule has 0 saturated carbocycles. The normalized spacial score (nSPS) is 14.6. The van der Waals surface area contributed by atoms with Gasteiger partial charge in [0, 0.05) is 40.3 Å². The van der Waals surface area contributed by atoms with E-state index in [2.05, 4.69) is 10.3 Å². The van der Waals surface area contributed by atoms with Crippen LogP contribution in [0.5, 0.6) is 0 Å². The molecule has 0 spiro atoms. The summed E-state index contributed by atoms with van der Waals surface area (Å²) in [5.74, 6) is -1.65. The lowest BCUT2D eigenvalue weighted by atomic mass is 10.2. The summed E-state index contributed by atoms with van der Waals surface area (Å²) in [4.78, 5) is 43.1. The molecule has 0 unspecified atom stereocenters. The zero-order chi connectivity index (χ0) is 25.1. The Bertz CT molecular complexity index is 1370. The van der Waals surface area contributed by atoms with Crippen LogP contribution in [0.25, 0.3) is 16.6 Å². The highest BCUT2D eigenvalue weighted by molar-refractivity contribution is 8.26. The van der Waals surface area contributed by atoms with Gasteiger partial charge in [-0.25, -0.2) is 9.78 Å². The molecule has 4 rings (SSSR count). The van der Waals surface area contributed by atoms with E-state index in [9.17, 15) is 14.4 Å². The average Bonchev–Trinajstić information content (AvgIpc) is 3.38. The zero-order valence-corrected chi connectivity index (χ0v) is 21.6. The minimum atomic E-state index is -1.05. The molecule has 1 aromatic heterocycles. The van der Waals surface area contributed by atoms with Crippen molar-refractivity contribution >= 4 is 92.4 Å². The summed E-state index contributed by atoms with van der Waals surface area (Å²) in [5, 5.41) is 13.4. The van der Waals surface area contributed by atoms with E-state index < -0.39 is 5.97 Å². The number of halogens is 2. The maximum Gasteiger partial charge on any atom is 0.335 e. The van der Waals surface area contributed by atoms with Crippen LogP contribution in [0.1, 0.15) is 21.7 Å². The maximum absolute atomic E-state index is 12.9. The molecule has 1 aliphatic heterocycles. The number of nitrogens with one attached hydrogen (secondary N) is 1. The Kier molecular flexibility index (Phi) is 7.88. The van der Waals surface area contributed by atoms with Crippen molar-refractivity contribution < 1.29 is 19.5 Å². The molecule has 12 heteroatoms. The highest BCUT2D eigenvalue weighted by atomic mass is 35.5. The first-order chi connectivity index (χ1) is 16.7. The Labute approximate surface area is 223 Å². The number of nitrogens with zero attached hydrogens (tertiary/aromatic N) is 2. The number of thiazole rings is 1. The first-order valence-electron chi connectivity index (χ1n) is 10.0. The number of amides is 2. The molecular formula is C23H15Cl2N3O4S3. The van der Waals surface area contributed by atoms with Crippen molar-refractivity contribution in [3.8, 4) is 10.6 Å². The average molecular weight is 564 g/mol. The Morgan fingerprint density at radius 1 is 1.17 bits per heavy atom. The fourth-order valence-corrected chi connectivity index (χ4v) is 5.79. The number of aromatic carboxylic acids is 1. The molecule has 0 bridgehead atoms. The number of hydrogen-bond acceptors (Lipinski definition) is 7. The molecule has 0 radical (unpaired) electrons. The van der Waals surface area contributed by atoms with Gasteiger partial charge in [-0.2, -0.15) is 0 Å². The summed E-state index contributed by atoms with van der Waals surface area (Å²) in [7, 11) is 0. The zero-order valence-electron chi connectivity index (χ0n) is 17.7. The third kappa shape index (κ3) is 6.09. The van der Waals surface area contributed by atoms with Crippen LogP contribution in [0.2, 0.25) is 10.0 Å². The van der Waals surface area contributed by atoms with Crippen LogP contribution in [0, 0.1) is 0 Å². The fourth-order valence-electron chi connectivity index (χ4n) is 3.09. The number of anilines is 1. The number of benzene rings is 2. The Morgan fingerprint density at radius 2 is 1.91 bits per heavy atom. The van der Waals surface area contributed by atoms with Crippen LogP contribution in [-0.4, -0.2) is 43.6 Å². The van der Waals surface area contributed by atoms with Gasteiger partial charge in [-0.05, 0) is 48.5 Å². The third-order valence-corrected chi connectivity index (χ3v) is 7.73. The molecule has 7 nitrogen and oxygen atoms in total. The van der Waals surface area contributed by atoms with Gasteiger partial charge in [-0.3, -0.25) is 14.5 Å². The minimum absolute atomic E-state index is 0.0262. The Morgan fingerprint density at radius 3 is 2.63 bits per heavy atom. The topological polar surface area (TPSA) is 99.6 Å². The quantitative estimate of drug-likeness (QED) is 0.267. The van der Waals surface area contributed by atoms with E-state index in [0.29, 0.717) is 35.5 Å². The third-order valence-electron chi connectivity index (χ3n) is 4.81. The predicted molar refractivity (Wildman–Crippen MR) is 144 cm³/mol. The summed E-state index contributed by atoms with van der Waals surface area (Å²) in [6.07, 6.45) is 3.38. The molecule has 1 saturated heterocycles. The van der Waals surface area contributed by atoms with E-state index in [1.54, 1.807) is 30.5 Å². The summed E-state index contributed by atoms with van der Waals surface area (Å²) in [5.41, 5.74) is 1.29. The lowest BCUT2D eigenvalue weighted by Gasteiger charge is -2.14. The predicted octanol–water partition coefficient (Wildman–Crippen LogP) is 6.05. The lowest BCUT2D eigenvalue weighted by Crippen LogP contribution is -2.31. The van der Waals surface area contributed by atoms with Crippen molar-refractivity contribution in [2.75, 3.05) is 11.9 Å². The number of hydrogen-bond donors (Lipinski definition) is 2. The smallest absolute Gasteiger partial charge is 0.335 e. The molecule has 178 valence electrons. The number of thioether (sulfide) groups is 1. The molecule has 2 heterocycles. The van der Waals surface area contributed by atoms with Crippen LogP contribution < -0.4 is 5.32 Å². The molecule has 3 aromatic rings. The molecule has 2 N–H and O–H groups in total. The lowest BCUT2D eigenvalue weighted by molar-refractivity contribution is -0.122. The molecule has 1 fully saturated rings. The van der Waals surface area contributed by atoms with Crippen LogP contribution in [-0.2, 0) is 9.59 Å². The molecule has 0 atom stereocenters. The van der Waals surface area contributed by atoms with E-state index in [4.69, 9.17) is 40.5 Å². The summed E-state index contributed by atoms with van der Waals surface area (Å²) in [6, 6.07) is 10.9. The Balaban J connectivity index is 1.38. The van der Waals surface area contributed by atoms with E-state index >= 15 is 0 Å². The summed E-state index contributed by atoms with van der Waals surface area (Å²) >= 11 is 20.2. The van der Waals surface area contributed by atoms with E-state index in [-0.39, 0.29) is 30.3 Å². The van der Waals surface area contributed by atoms with Crippen molar-refractivity contribution in [2.45, 2.75) is 6.42 Å². The largest absolute Gasteiger partial charge is 0.478 e. The Hall–Kier alpha value is -2.76. The fraction of sp³-hybridized carbons (Fsp3) is 0.0870. The summed E-state index contributed by atoms with van der Waals surface area (Å²) < 4.78 is 0.363. The van der Waals surface area contributed by atoms with Crippen molar-refractivity contribution in [2.24, 2.45) is 0 Å². The minimum Gasteiger partial charge on any atom is -0.478 e. The van der Waals surface area contributed by atoms with Gasteiger partial charge in [0.25, 0.3) is 5.91 Å². The van der Waals surface area contributed by atoms with E-state index in [0.717, 1.165) is 16.6 Å². The van der Waals surface area contributed by atoms with Gasteiger partial charge in [-0.1, -0.05) is 47.2 Å². The molecule has 0 aliphatic carbocycles. The van der Waals surface area contributed by atoms with E-state index in [1.807, 2.05) is 0 Å². The van der Waals surface area contributed by atoms with Gasteiger partial charge in [0.05, 0.1) is 15.5 Å². The monoisotopic (exact) mass is 563 g/mol. The van der Waals surface area contributed by atoms with Gasteiger partial charge in [0.15, 0.2) is 0 Å². The first-order valence-corrected chi connectivity index (χ1v) is 12.8. The van der Waals surface area contributed by atoms with Crippen LogP contribution in [0.15, 0.2) is 53.6 Å². The summed E-state index contributed by atoms with van der Waals surface area (Å²) in [6.45, 7) is 0.118. The van der Waals surface area contributed by atoms with Crippen molar-refractivity contribution in [1.29, 1.82) is 0 Å². The molecular weight excluding hydrogens is 549 g/mol. The molecule has 35 heavy (non-hydrogen) atoms. The number of carboxylic acid groups (broad SMARTS) is 1. The second kappa shape index (κ2) is 10.9. The van der Waals surface area contributed by atoms with Crippen LogP contribution >= 0.6 is 58.5 Å². The van der Waals surface area contributed by atoms with Gasteiger partial charge in [0.1, 0.15) is 9.33 Å². The second-order valence-electron chi connectivity index (χ2n) is 7.21. The number of thiocarbonyl (C=S) groups is 1. The highest BCUT2D eigenvalue weighted by Crippen LogP contribution is 2.37. The van der Waals surface area contributed by atoms with Gasteiger partial charge in [-0.15, -0.1) is 11.3 Å². The standard InChI is InChI=1S/C23H15Cl2N3O4S3/c24-13-3-6-17(25)16(9-13)20-26-11-15(34-20)10-18-21(30)28(23(33)35-18)8-7-19(29)27-14-4-1-12(2-5-14)22(31)32/h1-6,9-11H,7-8H2,(H,27,29)(H,31,32)/b18-10-. The number of aromatic nitrogens is 1. The highest BCUT2D eigenvalue weighted by Gasteiger charge is 2.32. The molecule has 1 aliphatic rings. The van der Waals surface area contributed by atoms with Crippen LogP contribution in [0.3, 0.4) is 0 Å².